The molecule has 0 unspecified atom stereocenters. The van der Waals surface area contributed by atoms with Crippen LogP contribution in [-0.4, -0.2) is 47.6 Å². The summed E-state index contributed by atoms with van der Waals surface area (Å²) in [5, 5.41) is 19.4. The average Bonchev–Trinajstić information content (AvgIpc) is 3.05. The largest absolute Gasteiger partial charge is 0.463 e. The van der Waals surface area contributed by atoms with Crippen molar-refractivity contribution in [2.45, 2.75) is 168 Å². The summed E-state index contributed by atoms with van der Waals surface area (Å²) in [6.07, 6.45) is 40.8. The maximum Gasteiger partial charge on any atom is 0.305 e. The monoisotopic (exact) mass is 659 g/mol. The van der Waals surface area contributed by atoms with Crippen LogP contribution in [0.25, 0.3) is 0 Å². The number of ether oxygens (including phenoxy) is 2. The summed E-state index contributed by atoms with van der Waals surface area (Å²) in [6.45, 7) is 6.25. The molecule has 0 aliphatic rings. The number of rotatable bonds is 32. The summed E-state index contributed by atoms with van der Waals surface area (Å²) in [5.41, 5.74) is 0. The summed E-state index contributed by atoms with van der Waals surface area (Å²) in [4.78, 5) is 23.9. The van der Waals surface area contributed by atoms with Gasteiger partial charge in [0, 0.05) is 12.8 Å². The molecule has 2 atom stereocenters. The van der Waals surface area contributed by atoms with Gasteiger partial charge in [0.25, 0.3) is 0 Å². The normalized spacial score (nSPS) is 13.7. The van der Waals surface area contributed by atoms with E-state index in [1.165, 1.54) is 64.2 Å². The van der Waals surface area contributed by atoms with Crippen molar-refractivity contribution < 1.29 is 29.3 Å². The first-order valence-electron chi connectivity index (χ1n) is 18.8. The van der Waals surface area contributed by atoms with E-state index < -0.39 is 6.10 Å². The molecule has 0 fully saturated rings. The van der Waals surface area contributed by atoms with E-state index in [0.29, 0.717) is 19.3 Å². The zero-order valence-corrected chi connectivity index (χ0v) is 30.3. The third kappa shape index (κ3) is 36.2. The van der Waals surface area contributed by atoms with Crippen molar-refractivity contribution >= 4 is 11.9 Å². The van der Waals surface area contributed by atoms with Gasteiger partial charge in [-0.15, -0.1) is 0 Å². The Morgan fingerprint density at radius 2 is 1.02 bits per heavy atom. The van der Waals surface area contributed by atoms with Gasteiger partial charge in [-0.2, -0.15) is 0 Å². The second-order valence-corrected chi connectivity index (χ2v) is 13.0. The number of carbonyl (C=O) groups excluding carboxylic acids is 2. The first kappa shape index (κ1) is 44.6. The highest BCUT2D eigenvalue weighted by atomic mass is 16.6. The van der Waals surface area contributed by atoms with Gasteiger partial charge in [0.05, 0.1) is 6.10 Å². The molecular weight excluding hydrogens is 588 g/mol. The minimum atomic E-state index is -0.997. The molecule has 0 radical (unpaired) electrons. The van der Waals surface area contributed by atoms with Crippen LogP contribution in [0.2, 0.25) is 0 Å². The Morgan fingerprint density at radius 3 is 1.53 bits per heavy atom. The summed E-state index contributed by atoms with van der Waals surface area (Å²) in [5.74, 6) is 0.182. The van der Waals surface area contributed by atoms with E-state index >= 15 is 0 Å². The van der Waals surface area contributed by atoms with Gasteiger partial charge >= 0.3 is 11.9 Å². The molecule has 0 aromatic heterocycles. The number of carbonyl (C=O) groups is 2. The number of aliphatic hydroxyl groups excluding tert-OH is 2. The molecule has 6 heteroatoms. The van der Waals surface area contributed by atoms with Crippen LogP contribution >= 0.6 is 0 Å². The summed E-state index contributed by atoms with van der Waals surface area (Å²) in [6, 6.07) is 0. The van der Waals surface area contributed by atoms with Crippen LogP contribution in [0, 0.1) is 5.92 Å². The van der Waals surface area contributed by atoms with Gasteiger partial charge in [-0.05, 0) is 50.9 Å². The van der Waals surface area contributed by atoms with Crippen molar-refractivity contribution in [1.82, 2.24) is 0 Å². The molecule has 0 saturated carbocycles. The van der Waals surface area contributed by atoms with Gasteiger partial charge in [-0.1, -0.05) is 159 Å². The Kier molecular flexibility index (Phi) is 33.1. The molecular formula is C41H70O6. The van der Waals surface area contributed by atoms with Gasteiger partial charge in [0.1, 0.15) is 19.3 Å². The quantitative estimate of drug-likeness (QED) is 0.0323. The van der Waals surface area contributed by atoms with Gasteiger partial charge < -0.3 is 19.7 Å². The molecule has 0 aliphatic carbocycles. The summed E-state index contributed by atoms with van der Waals surface area (Å²) < 4.78 is 10.3. The van der Waals surface area contributed by atoms with Gasteiger partial charge in [0.2, 0.25) is 0 Å². The van der Waals surface area contributed by atoms with Crippen LogP contribution in [0.5, 0.6) is 0 Å². The number of unbranched alkanes of at least 4 members (excludes halogenated alkanes) is 12. The lowest BCUT2D eigenvalue weighted by atomic mass is 10.0. The van der Waals surface area contributed by atoms with Crippen molar-refractivity contribution in [2.75, 3.05) is 13.2 Å². The van der Waals surface area contributed by atoms with Crippen LogP contribution in [0.15, 0.2) is 60.8 Å². The Hall–Kier alpha value is -2.44. The van der Waals surface area contributed by atoms with Gasteiger partial charge in [0.15, 0.2) is 0 Å². The molecule has 0 bridgehead atoms. The molecule has 0 aliphatic heterocycles. The number of hydrogen-bond acceptors (Lipinski definition) is 6. The van der Waals surface area contributed by atoms with E-state index in [0.717, 1.165) is 57.3 Å². The van der Waals surface area contributed by atoms with Crippen molar-refractivity contribution in [3.8, 4) is 0 Å². The summed E-state index contributed by atoms with van der Waals surface area (Å²) in [7, 11) is 0. The molecule has 0 rings (SSSR count). The highest BCUT2D eigenvalue weighted by Gasteiger charge is 2.12. The highest BCUT2D eigenvalue weighted by molar-refractivity contribution is 5.69. The number of hydrogen-bond donors (Lipinski definition) is 2. The lowest BCUT2D eigenvalue weighted by molar-refractivity contribution is -0.152. The first-order valence-corrected chi connectivity index (χ1v) is 18.8. The van der Waals surface area contributed by atoms with E-state index in [9.17, 15) is 19.8 Å². The second-order valence-electron chi connectivity index (χ2n) is 13.0. The zero-order valence-electron chi connectivity index (χ0n) is 30.3. The molecule has 2 N–H and O–H groups in total. The number of aliphatic hydroxyl groups is 2. The van der Waals surface area contributed by atoms with E-state index in [4.69, 9.17) is 9.47 Å². The minimum absolute atomic E-state index is 0.143. The van der Waals surface area contributed by atoms with Crippen LogP contribution in [0.1, 0.15) is 156 Å². The highest BCUT2D eigenvalue weighted by Crippen LogP contribution is 2.14. The predicted octanol–water partition coefficient (Wildman–Crippen LogP) is 10.4. The van der Waals surface area contributed by atoms with E-state index in [-0.39, 0.29) is 31.3 Å². The fraction of sp³-hybridized carbons (Fsp3) is 0.707. The Bertz CT molecular complexity index is 869. The minimum Gasteiger partial charge on any atom is -0.463 e. The third-order valence-corrected chi connectivity index (χ3v) is 7.85. The molecule has 0 aromatic carbocycles. The molecule has 0 aromatic rings. The predicted molar refractivity (Wildman–Crippen MR) is 197 cm³/mol. The van der Waals surface area contributed by atoms with Crippen LogP contribution in [0.4, 0.5) is 0 Å². The Morgan fingerprint density at radius 1 is 0.574 bits per heavy atom. The zero-order chi connectivity index (χ0) is 34.6. The smallest absolute Gasteiger partial charge is 0.305 e. The standard InChI is InChI=1S/C41H70O6/c1-4-38(42)32-28-24-20-16-12-7-5-6-8-13-17-21-25-29-33-40(44)46-35-39(43)36-47-41(45)34-30-26-22-18-14-10-9-11-15-19-23-27-31-37(2)3/h6-8,12,17,20-21,24,28,32,37-39,42-43H,4-5,9-11,13-16,18-19,22-23,25-27,29-31,33-36H2,1-3H3/b8-6-,12-7-,21-17-,24-20-,32-28+/t38-,39-/m0/s1. The fourth-order valence-corrected chi connectivity index (χ4v) is 4.84. The fourth-order valence-electron chi connectivity index (χ4n) is 4.84. The molecule has 0 amide bonds. The number of allylic oxidation sites excluding steroid dienone is 9. The third-order valence-electron chi connectivity index (χ3n) is 7.85. The number of esters is 2. The van der Waals surface area contributed by atoms with E-state index in [1.807, 2.05) is 19.1 Å². The van der Waals surface area contributed by atoms with Crippen LogP contribution < -0.4 is 0 Å². The van der Waals surface area contributed by atoms with Crippen LogP contribution in [0.3, 0.4) is 0 Å². The van der Waals surface area contributed by atoms with E-state index in [1.54, 1.807) is 6.08 Å². The molecule has 0 saturated heterocycles. The van der Waals surface area contributed by atoms with Crippen LogP contribution in [-0.2, 0) is 19.1 Å². The van der Waals surface area contributed by atoms with Crippen molar-refractivity contribution in [3.05, 3.63) is 60.8 Å². The molecule has 0 spiro atoms. The summed E-state index contributed by atoms with van der Waals surface area (Å²) >= 11 is 0. The lowest BCUT2D eigenvalue weighted by Crippen LogP contribution is -2.25. The SMILES string of the molecule is CC[C@H](O)/C=C/C=C\C/C=C\C/C=C\C/C=C\CCCC(=O)OC[C@H](O)COC(=O)CCCCCCCCCCCCCCC(C)C. The van der Waals surface area contributed by atoms with E-state index in [2.05, 4.69) is 56.4 Å². The Balaban J connectivity index is 3.58. The molecule has 0 heterocycles. The molecule has 270 valence electrons. The van der Waals surface area contributed by atoms with Gasteiger partial charge in [-0.25, -0.2) is 0 Å². The molecule has 6 nitrogen and oxygen atoms in total. The molecule has 47 heavy (non-hydrogen) atoms. The Labute approximate surface area is 288 Å². The van der Waals surface area contributed by atoms with Crippen molar-refractivity contribution in [1.29, 1.82) is 0 Å². The topological polar surface area (TPSA) is 93.1 Å². The van der Waals surface area contributed by atoms with Crippen molar-refractivity contribution in [3.63, 3.8) is 0 Å². The lowest BCUT2D eigenvalue weighted by Gasteiger charge is -2.12. The first-order chi connectivity index (χ1) is 22.8. The van der Waals surface area contributed by atoms with Crippen molar-refractivity contribution in [2.24, 2.45) is 5.92 Å². The maximum absolute atomic E-state index is 11.9. The maximum atomic E-state index is 11.9. The van der Waals surface area contributed by atoms with Gasteiger partial charge in [-0.3, -0.25) is 9.59 Å². The second kappa shape index (κ2) is 34.9. The average molecular weight is 659 g/mol.